The van der Waals surface area contributed by atoms with Crippen LogP contribution in [0.5, 0.6) is 0 Å². The summed E-state index contributed by atoms with van der Waals surface area (Å²) in [6.07, 6.45) is 15.0. The van der Waals surface area contributed by atoms with E-state index in [-0.39, 0.29) is 0 Å². The van der Waals surface area contributed by atoms with Crippen molar-refractivity contribution < 1.29 is 28.4 Å². The van der Waals surface area contributed by atoms with Gasteiger partial charge in [-0.2, -0.15) is 0 Å². The summed E-state index contributed by atoms with van der Waals surface area (Å²) in [6, 6.07) is 0. The summed E-state index contributed by atoms with van der Waals surface area (Å²) in [6.45, 7) is 11.9. The van der Waals surface area contributed by atoms with E-state index in [1.54, 1.807) is 0 Å². The van der Waals surface area contributed by atoms with Crippen LogP contribution in [-0.4, -0.2) is 79.3 Å². The molecule has 0 aromatic heterocycles. The average molecular weight is 449 g/mol. The van der Waals surface area contributed by atoms with E-state index in [1.807, 2.05) is 6.92 Å². The Balaban J connectivity index is 2.98. The molecule has 31 heavy (non-hydrogen) atoms. The first-order valence-electron chi connectivity index (χ1n) is 12.9. The number of unbranched alkanes of at least 4 members (excludes halogenated alkanes) is 10. The zero-order chi connectivity index (χ0) is 22.5. The highest BCUT2D eigenvalue weighted by Gasteiger charge is 1.95. The Bertz CT molecular complexity index is 276. The lowest BCUT2D eigenvalue weighted by atomic mass is 10.1. The molecule has 0 radical (unpaired) electrons. The zero-order valence-electron chi connectivity index (χ0n) is 20.7. The number of ether oxygens (including phenoxy) is 6. The van der Waals surface area contributed by atoms with Crippen LogP contribution in [0.3, 0.4) is 0 Å². The Kier molecular flexibility index (Phi) is 29.5. The highest BCUT2D eigenvalue weighted by molar-refractivity contribution is 4.48. The summed E-state index contributed by atoms with van der Waals surface area (Å²) >= 11 is 0. The van der Waals surface area contributed by atoms with Gasteiger partial charge < -0.3 is 28.4 Å². The fraction of sp³-hybridized carbons (Fsp3) is 1.00. The van der Waals surface area contributed by atoms with Crippen LogP contribution >= 0.6 is 0 Å². The molecular weight excluding hydrogens is 396 g/mol. The van der Waals surface area contributed by atoms with E-state index in [0.717, 1.165) is 19.6 Å². The smallest absolute Gasteiger partial charge is 0.0701 e. The topological polar surface area (TPSA) is 55.4 Å². The van der Waals surface area contributed by atoms with Crippen molar-refractivity contribution in [3.05, 3.63) is 0 Å². The third-order valence-electron chi connectivity index (χ3n) is 4.96. The summed E-state index contributed by atoms with van der Waals surface area (Å²) in [7, 11) is 0. The van der Waals surface area contributed by atoms with Crippen molar-refractivity contribution in [2.75, 3.05) is 79.3 Å². The van der Waals surface area contributed by atoms with Gasteiger partial charge in [0.25, 0.3) is 0 Å². The van der Waals surface area contributed by atoms with Gasteiger partial charge in [-0.05, 0) is 13.3 Å². The Morgan fingerprint density at radius 1 is 0.290 bits per heavy atom. The Morgan fingerprint density at radius 3 is 0.935 bits per heavy atom. The molecule has 0 fully saturated rings. The van der Waals surface area contributed by atoms with Crippen LogP contribution in [0.2, 0.25) is 0 Å². The molecule has 0 spiro atoms. The minimum atomic E-state index is 0.580. The SMILES string of the molecule is CCCCCCCCCCCCCOCCOCCOCCOCCOCCOCC. The standard InChI is InChI=1S/C25H52O6/c1-3-5-6-7-8-9-10-11-12-13-14-15-27-18-19-29-22-23-31-25-24-30-21-20-28-17-16-26-4-2/h3-25H2,1-2H3. The van der Waals surface area contributed by atoms with Crippen molar-refractivity contribution >= 4 is 0 Å². The molecule has 0 heterocycles. The third kappa shape index (κ3) is 29.8. The van der Waals surface area contributed by atoms with Crippen LogP contribution in [-0.2, 0) is 28.4 Å². The average Bonchev–Trinajstić information content (AvgIpc) is 2.78. The highest BCUT2D eigenvalue weighted by Crippen LogP contribution is 2.11. The van der Waals surface area contributed by atoms with E-state index in [0.29, 0.717) is 66.1 Å². The van der Waals surface area contributed by atoms with Crippen LogP contribution in [0.25, 0.3) is 0 Å². The van der Waals surface area contributed by atoms with Gasteiger partial charge in [-0.15, -0.1) is 0 Å². The van der Waals surface area contributed by atoms with Gasteiger partial charge in [0.1, 0.15) is 0 Å². The molecule has 0 unspecified atom stereocenters. The minimum Gasteiger partial charge on any atom is -0.379 e. The molecule has 0 aliphatic rings. The fourth-order valence-corrected chi connectivity index (χ4v) is 3.11. The van der Waals surface area contributed by atoms with E-state index in [1.165, 1.54) is 64.2 Å². The monoisotopic (exact) mass is 448 g/mol. The van der Waals surface area contributed by atoms with E-state index < -0.39 is 0 Å². The molecule has 6 nitrogen and oxygen atoms in total. The first-order chi connectivity index (χ1) is 15.4. The maximum Gasteiger partial charge on any atom is 0.0701 e. The van der Waals surface area contributed by atoms with Crippen LogP contribution in [0.15, 0.2) is 0 Å². The van der Waals surface area contributed by atoms with Crippen LogP contribution in [0, 0.1) is 0 Å². The van der Waals surface area contributed by atoms with Crippen LogP contribution < -0.4 is 0 Å². The Labute approximate surface area is 192 Å². The van der Waals surface area contributed by atoms with Gasteiger partial charge in [0.2, 0.25) is 0 Å². The van der Waals surface area contributed by atoms with Gasteiger partial charge in [-0.3, -0.25) is 0 Å². The molecule has 0 rings (SSSR count). The van der Waals surface area contributed by atoms with Crippen molar-refractivity contribution in [1.82, 2.24) is 0 Å². The molecule has 188 valence electrons. The van der Waals surface area contributed by atoms with Crippen molar-refractivity contribution in [2.45, 2.75) is 84.5 Å². The Hall–Kier alpha value is -0.240. The lowest BCUT2D eigenvalue weighted by Gasteiger charge is -2.08. The van der Waals surface area contributed by atoms with Crippen molar-refractivity contribution in [1.29, 1.82) is 0 Å². The molecule has 0 aliphatic heterocycles. The summed E-state index contributed by atoms with van der Waals surface area (Å²) in [4.78, 5) is 0. The maximum absolute atomic E-state index is 5.62. The van der Waals surface area contributed by atoms with Gasteiger partial charge in [0.15, 0.2) is 0 Å². The van der Waals surface area contributed by atoms with Crippen molar-refractivity contribution in [3.8, 4) is 0 Å². The summed E-state index contributed by atoms with van der Waals surface area (Å²) in [5, 5.41) is 0. The quantitative estimate of drug-likeness (QED) is 0.149. The predicted octanol–water partition coefficient (Wildman–Crippen LogP) is 5.42. The second kappa shape index (κ2) is 29.8. The molecular formula is C25H52O6. The molecule has 0 amide bonds. The minimum absolute atomic E-state index is 0.580. The zero-order valence-corrected chi connectivity index (χ0v) is 20.7. The first-order valence-corrected chi connectivity index (χ1v) is 12.9. The van der Waals surface area contributed by atoms with Crippen molar-refractivity contribution in [3.63, 3.8) is 0 Å². The lowest BCUT2D eigenvalue weighted by molar-refractivity contribution is -0.0163. The number of hydrogen-bond donors (Lipinski definition) is 0. The van der Waals surface area contributed by atoms with Crippen LogP contribution in [0.4, 0.5) is 0 Å². The molecule has 6 heteroatoms. The van der Waals surface area contributed by atoms with E-state index in [9.17, 15) is 0 Å². The van der Waals surface area contributed by atoms with Gasteiger partial charge in [0, 0.05) is 13.2 Å². The van der Waals surface area contributed by atoms with Gasteiger partial charge in [-0.25, -0.2) is 0 Å². The van der Waals surface area contributed by atoms with Crippen molar-refractivity contribution in [2.24, 2.45) is 0 Å². The summed E-state index contributed by atoms with van der Waals surface area (Å²) in [5.74, 6) is 0. The molecule has 0 aromatic carbocycles. The first kappa shape index (κ1) is 30.8. The second-order valence-electron chi connectivity index (χ2n) is 7.79. The number of hydrogen-bond acceptors (Lipinski definition) is 6. The maximum atomic E-state index is 5.62. The van der Waals surface area contributed by atoms with Crippen LogP contribution in [0.1, 0.15) is 84.5 Å². The molecule has 0 saturated carbocycles. The normalized spacial score (nSPS) is 11.4. The molecule has 0 aromatic rings. The summed E-state index contributed by atoms with van der Waals surface area (Å²) < 4.78 is 32.6. The van der Waals surface area contributed by atoms with Gasteiger partial charge in [-0.1, -0.05) is 71.1 Å². The number of rotatable bonds is 28. The fourth-order valence-electron chi connectivity index (χ4n) is 3.11. The Morgan fingerprint density at radius 2 is 0.581 bits per heavy atom. The molecule has 0 aliphatic carbocycles. The molecule has 0 saturated heterocycles. The van der Waals surface area contributed by atoms with Gasteiger partial charge in [0.05, 0.1) is 66.1 Å². The lowest BCUT2D eigenvalue weighted by Crippen LogP contribution is -2.14. The van der Waals surface area contributed by atoms with Gasteiger partial charge >= 0.3 is 0 Å². The van der Waals surface area contributed by atoms with E-state index in [2.05, 4.69) is 6.92 Å². The molecule has 0 N–H and O–H groups in total. The highest BCUT2D eigenvalue weighted by atomic mass is 16.6. The third-order valence-corrected chi connectivity index (χ3v) is 4.96. The van der Waals surface area contributed by atoms with E-state index >= 15 is 0 Å². The molecule has 0 atom stereocenters. The largest absolute Gasteiger partial charge is 0.379 e. The van der Waals surface area contributed by atoms with E-state index in [4.69, 9.17) is 28.4 Å². The second-order valence-corrected chi connectivity index (χ2v) is 7.79. The summed E-state index contributed by atoms with van der Waals surface area (Å²) in [5.41, 5.74) is 0. The predicted molar refractivity (Wildman–Crippen MR) is 127 cm³/mol. The molecule has 0 bridgehead atoms.